The molecule has 0 saturated carbocycles. The average molecular weight is 561 g/mol. The van der Waals surface area contributed by atoms with Crippen LogP contribution in [-0.2, 0) is 25.6 Å². The van der Waals surface area contributed by atoms with Crippen molar-refractivity contribution in [1.82, 2.24) is 20.9 Å². The maximum Gasteiger partial charge on any atom is 0.328 e. The lowest BCUT2D eigenvalue weighted by Crippen LogP contribution is -2.59. The molecule has 0 spiro atoms. The highest BCUT2D eigenvalue weighted by molar-refractivity contribution is 5.95. The number of carbonyl (C=O) groups is 4. The SMILES string of the molecule is CCC(C)C(NC(=O)C(Cc1c[nH]c2ccccc12)NC(=O)C(N)CCCN=C(N)N)C(=O)NC(CO)C(=O)O. The zero-order valence-corrected chi connectivity index (χ0v) is 22.7. The number of para-hydroxylation sites is 1. The third kappa shape index (κ3) is 9.24. The predicted molar refractivity (Wildman–Crippen MR) is 150 cm³/mol. The molecule has 0 aliphatic rings. The van der Waals surface area contributed by atoms with Gasteiger partial charge in [0.2, 0.25) is 17.7 Å². The molecular weight excluding hydrogens is 520 g/mol. The number of aromatic nitrogens is 1. The summed E-state index contributed by atoms with van der Waals surface area (Å²) >= 11 is 0. The van der Waals surface area contributed by atoms with Crippen LogP contribution in [0.15, 0.2) is 35.5 Å². The number of benzene rings is 1. The van der Waals surface area contributed by atoms with Gasteiger partial charge in [-0.15, -0.1) is 0 Å². The van der Waals surface area contributed by atoms with Gasteiger partial charge in [0.1, 0.15) is 18.1 Å². The third-order valence-corrected chi connectivity index (χ3v) is 6.63. The van der Waals surface area contributed by atoms with Crippen molar-refractivity contribution in [3.05, 3.63) is 36.0 Å². The van der Waals surface area contributed by atoms with Crippen LogP contribution < -0.4 is 33.2 Å². The maximum atomic E-state index is 13.6. The summed E-state index contributed by atoms with van der Waals surface area (Å²) < 4.78 is 0. The highest BCUT2D eigenvalue weighted by atomic mass is 16.4. The van der Waals surface area contributed by atoms with Crippen molar-refractivity contribution in [2.75, 3.05) is 13.2 Å². The highest BCUT2D eigenvalue weighted by Crippen LogP contribution is 2.19. The van der Waals surface area contributed by atoms with Crippen molar-refractivity contribution in [3.8, 4) is 0 Å². The van der Waals surface area contributed by atoms with Crippen LogP contribution >= 0.6 is 0 Å². The number of carboxylic acid groups (broad SMARTS) is 1. The second kappa shape index (κ2) is 15.4. The van der Waals surface area contributed by atoms with Gasteiger partial charge < -0.3 is 48.3 Å². The molecule has 3 amide bonds. The average Bonchev–Trinajstić information content (AvgIpc) is 3.33. The van der Waals surface area contributed by atoms with Gasteiger partial charge in [0, 0.05) is 30.1 Å². The number of hydrogen-bond acceptors (Lipinski definition) is 7. The van der Waals surface area contributed by atoms with Crippen molar-refractivity contribution < 1.29 is 29.4 Å². The van der Waals surface area contributed by atoms with Crippen LogP contribution in [0.5, 0.6) is 0 Å². The summed E-state index contributed by atoms with van der Waals surface area (Å²) in [5.41, 5.74) is 18.3. The first-order valence-electron chi connectivity index (χ1n) is 13.1. The minimum absolute atomic E-state index is 0.0675. The van der Waals surface area contributed by atoms with Crippen LogP contribution in [0, 0.1) is 5.92 Å². The Morgan fingerprint density at radius 3 is 2.33 bits per heavy atom. The Balaban J connectivity index is 2.27. The van der Waals surface area contributed by atoms with E-state index in [1.165, 1.54) is 0 Å². The Morgan fingerprint density at radius 1 is 1.02 bits per heavy atom. The quantitative estimate of drug-likeness (QED) is 0.0669. The smallest absolute Gasteiger partial charge is 0.328 e. The molecule has 2 aromatic rings. The number of amides is 3. The molecule has 14 heteroatoms. The summed E-state index contributed by atoms with van der Waals surface area (Å²) in [4.78, 5) is 57.8. The summed E-state index contributed by atoms with van der Waals surface area (Å²) in [5, 5.41) is 27.0. The van der Waals surface area contributed by atoms with E-state index in [0.29, 0.717) is 19.4 Å². The van der Waals surface area contributed by atoms with Crippen molar-refractivity contribution in [2.45, 2.75) is 63.7 Å². The van der Waals surface area contributed by atoms with Crippen LogP contribution in [0.2, 0.25) is 0 Å². The summed E-state index contributed by atoms with van der Waals surface area (Å²) in [6.45, 7) is 3.01. The summed E-state index contributed by atoms with van der Waals surface area (Å²) in [6.07, 6.45) is 3.02. The van der Waals surface area contributed by atoms with Crippen molar-refractivity contribution in [1.29, 1.82) is 0 Å². The number of hydrogen-bond donors (Lipinski definition) is 9. The molecule has 2 rings (SSSR count). The number of H-pyrrole nitrogens is 1. The Labute approximate surface area is 232 Å². The number of nitrogens with zero attached hydrogens (tertiary/aromatic N) is 1. The number of guanidine groups is 1. The van der Waals surface area contributed by atoms with Crippen LogP contribution in [-0.4, -0.2) is 82.2 Å². The van der Waals surface area contributed by atoms with Crippen molar-refractivity contribution in [2.24, 2.45) is 28.1 Å². The number of aromatic amines is 1. The normalized spacial score (nSPS) is 14.8. The largest absolute Gasteiger partial charge is 0.480 e. The molecule has 12 N–H and O–H groups in total. The molecule has 14 nitrogen and oxygen atoms in total. The lowest BCUT2D eigenvalue weighted by atomic mass is 9.96. The number of aliphatic carboxylic acids is 1. The molecule has 0 bridgehead atoms. The van der Waals surface area contributed by atoms with Crippen LogP contribution in [0.25, 0.3) is 10.9 Å². The molecule has 0 aliphatic carbocycles. The molecule has 1 aromatic heterocycles. The van der Waals surface area contributed by atoms with Crippen LogP contribution in [0.1, 0.15) is 38.7 Å². The number of aliphatic hydroxyl groups is 1. The number of aliphatic hydroxyl groups excluding tert-OH is 1. The Morgan fingerprint density at radius 2 is 1.70 bits per heavy atom. The molecule has 0 radical (unpaired) electrons. The first-order chi connectivity index (χ1) is 19.0. The second-order valence-electron chi connectivity index (χ2n) is 9.63. The van der Waals surface area contributed by atoms with Gasteiger partial charge in [0.25, 0.3) is 0 Å². The van der Waals surface area contributed by atoms with Crippen LogP contribution in [0.3, 0.4) is 0 Å². The van der Waals surface area contributed by atoms with E-state index in [1.807, 2.05) is 31.2 Å². The maximum absolute atomic E-state index is 13.6. The van der Waals surface area contributed by atoms with E-state index < -0.39 is 54.5 Å². The third-order valence-electron chi connectivity index (χ3n) is 6.63. The molecule has 220 valence electrons. The number of nitrogens with two attached hydrogens (primary N) is 3. The minimum Gasteiger partial charge on any atom is -0.480 e. The van der Waals surface area contributed by atoms with Gasteiger partial charge in [-0.1, -0.05) is 38.5 Å². The van der Waals surface area contributed by atoms with Crippen molar-refractivity contribution in [3.63, 3.8) is 0 Å². The summed E-state index contributed by atoms with van der Waals surface area (Å²) in [7, 11) is 0. The van der Waals surface area contributed by atoms with Gasteiger partial charge >= 0.3 is 5.97 Å². The Kier molecular flexibility index (Phi) is 12.4. The fraction of sp³-hybridized carbons (Fsp3) is 0.500. The van der Waals surface area contributed by atoms with Crippen LogP contribution in [0.4, 0.5) is 0 Å². The number of carboxylic acids is 1. The lowest BCUT2D eigenvalue weighted by Gasteiger charge is -2.28. The molecule has 0 saturated heterocycles. The first-order valence-corrected chi connectivity index (χ1v) is 13.1. The van der Waals surface area contributed by atoms with E-state index in [2.05, 4.69) is 25.9 Å². The van der Waals surface area contributed by atoms with E-state index in [9.17, 15) is 29.4 Å². The fourth-order valence-corrected chi connectivity index (χ4v) is 4.06. The standard InChI is InChI=1S/C26H40N8O6/c1-3-14(2)21(24(38)33-20(13-35)25(39)40)34-23(37)19(11-15-12-31-18-9-5-4-7-16(15)18)32-22(36)17(27)8-6-10-30-26(28)29/h4-5,7,9,12,14,17,19-21,31,35H,3,6,8,10-11,13,27H2,1-2H3,(H,32,36)(H,33,38)(H,34,37)(H,39,40)(H4,28,29,30). The number of carbonyl (C=O) groups excluding carboxylic acids is 3. The zero-order chi connectivity index (χ0) is 29.8. The second-order valence-corrected chi connectivity index (χ2v) is 9.63. The molecule has 0 fully saturated rings. The predicted octanol–water partition coefficient (Wildman–Crippen LogP) is -1.33. The van der Waals surface area contributed by atoms with Gasteiger partial charge in [-0.2, -0.15) is 0 Å². The molecule has 1 aromatic carbocycles. The molecule has 40 heavy (non-hydrogen) atoms. The monoisotopic (exact) mass is 560 g/mol. The fourth-order valence-electron chi connectivity index (χ4n) is 4.06. The molecule has 5 atom stereocenters. The molecule has 5 unspecified atom stereocenters. The van der Waals surface area contributed by atoms with Gasteiger partial charge in [0.05, 0.1) is 12.6 Å². The van der Waals surface area contributed by atoms with E-state index in [0.717, 1.165) is 16.5 Å². The van der Waals surface area contributed by atoms with Gasteiger partial charge in [-0.25, -0.2) is 4.79 Å². The Hall–Kier alpha value is -4.17. The zero-order valence-electron chi connectivity index (χ0n) is 22.7. The van der Waals surface area contributed by atoms with E-state index in [1.54, 1.807) is 13.1 Å². The van der Waals surface area contributed by atoms with E-state index in [-0.39, 0.29) is 24.7 Å². The molecule has 0 aliphatic heterocycles. The van der Waals surface area contributed by atoms with E-state index in [4.69, 9.17) is 17.2 Å². The molecular formula is C26H40N8O6. The number of aliphatic imine (C=N–C) groups is 1. The van der Waals surface area contributed by atoms with E-state index >= 15 is 0 Å². The first kappa shape index (κ1) is 32.0. The number of nitrogens with one attached hydrogen (secondary N) is 4. The summed E-state index contributed by atoms with van der Waals surface area (Å²) in [5.74, 6) is -3.86. The Bertz CT molecular complexity index is 1190. The molecule has 1 heterocycles. The van der Waals surface area contributed by atoms with Gasteiger partial charge in [0.15, 0.2) is 5.96 Å². The summed E-state index contributed by atoms with van der Waals surface area (Å²) in [6, 6.07) is 2.76. The topological polar surface area (TPSA) is 251 Å². The number of fused-ring (bicyclic) bond motifs is 1. The minimum atomic E-state index is -1.53. The lowest BCUT2D eigenvalue weighted by molar-refractivity contribution is -0.143. The van der Waals surface area contributed by atoms with Gasteiger partial charge in [-0.3, -0.25) is 19.4 Å². The number of rotatable bonds is 16. The highest BCUT2D eigenvalue weighted by Gasteiger charge is 2.33. The van der Waals surface area contributed by atoms with Crippen molar-refractivity contribution >= 4 is 40.6 Å². The van der Waals surface area contributed by atoms with Gasteiger partial charge in [-0.05, 0) is 30.4 Å².